The van der Waals surface area contributed by atoms with E-state index in [2.05, 4.69) is 21.6 Å². The minimum atomic E-state index is -3.87. The molecule has 1 aliphatic rings. The maximum atomic E-state index is 12.9. The zero-order valence-electron chi connectivity index (χ0n) is 17.4. The molecule has 8 nitrogen and oxygen atoms in total. The van der Waals surface area contributed by atoms with Gasteiger partial charge in [-0.05, 0) is 36.7 Å². The Morgan fingerprint density at radius 3 is 2.30 bits per heavy atom. The molecule has 0 saturated carbocycles. The molecule has 2 aromatic rings. The van der Waals surface area contributed by atoms with Crippen molar-refractivity contribution in [3.8, 4) is 0 Å². The first kappa shape index (κ1) is 23.3. The van der Waals surface area contributed by atoms with E-state index in [4.69, 9.17) is 0 Å². The molecule has 1 N–H and O–H groups in total. The van der Waals surface area contributed by atoms with E-state index in [0.29, 0.717) is 0 Å². The van der Waals surface area contributed by atoms with Gasteiger partial charge in [0, 0.05) is 51.7 Å². The minimum absolute atomic E-state index is 0.0516. The molecule has 1 saturated heterocycles. The molecular formula is C19H28N4O4S3. The van der Waals surface area contributed by atoms with Crippen molar-refractivity contribution in [2.45, 2.75) is 15.8 Å². The fourth-order valence-electron chi connectivity index (χ4n) is 3.31. The van der Waals surface area contributed by atoms with Crippen molar-refractivity contribution in [2.24, 2.45) is 0 Å². The van der Waals surface area contributed by atoms with Crippen LogP contribution in [0.2, 0.25) is 0 Å². The van der Waals surface area contributed by atoms with Crippen LogP contribution in [0.5, 0.6) is 0 Å². The third kappa shape index (κ3) is 5.28. The predicted octanol–water partition coefficient (Wildman–Crippen LogP) is 1.27. The van der Waals surface area contributed by atoms with E-state index in [-0.39, 0.29) is 22.4 Å². The van der Waals surface area contributed by atoms with Crippen LogP contribution in [0.1, 0.15) is 10.9 Å². The Morgan fingerprint density at radius 2 is 1.70 bits per heavy atom. The molecule has 0 amide bonds. The number of piperazine rings is 1. The summed E-state index contributed by atoms with van der Waals surface area (Å²) in [5, 5.41) is 1.99. The van der Waals surface area contributed by atoms with Crippen LogP contribution in [0.15, 0.2) is 51.6 Å². The van der Waals surface area contributed by atoms with Gasteiger partial charge in [0.1, 0.15) is 0 Å². The summed E-state index contributed by atoms with van der Waals surface area (Å²) in [5.41, 5.74) is 0. The molecule has 30 heavy (non-hydrogen) atoms. The van der Waals surface area contributed by atoms with Crippen LogP contribution in [-0.2, 0) is 20.0 Å². The molecule has 0 bridgehead atoms. The smallest absolute Gasteiger partial charge is 0.242 e. The van der Waals surface area contributed by atoms with E-state index in [1.165, 1.54) is 38.4 Å². The van der Waals surface area contributed by atoms with E-state index < -0.39 is 20.0 Å². The average molecular weight is 473 g/mol. The number of nitrogens with one attached hydrogen (secondary N) is 1. The van der Waals surface area contributed by atoms with Gasteiger partial charge in [-0.3, -0.25) is 4.90 Å². The average Bonchev–Trinajstić information content (AvgIpc) is 3.24. The summed E-state index contributed by atoms with van der Waals surface area (Å²) in [5.74, 6) is 0. The van der Waals surface area contributed by atoms with Crippen LogP contribution in [0.3, 0.4) is 0 Å². The molecule has 0 unspecified atom stereocenters. The van der Waals surface area contributed by atoms with Crippen molar-refractivity contribution in [3.05, 3.63) is 46.7 Å². The Kier molecular flexibility index (Phi) is 7.33. The van der Waals surface area contributed by atoms with Crippen molar-refractivity contribution in [1.29, 1.82) is 0 Å². The van der Waals surface area contributed by atoms with Crippen LogP contribution < -0.4 is 4.72 Å². The Labute approximate surface area is 183 Å². The number of rotatable bonds is 8. The second-order valence-corrected chi connectivity index (χ2v) is 12.4. The molecule has 1 atom stereocenters. The minimum Gasteiger partial charge on any atom is -0.304 e. The first-order valence-corrected chi connectivity index (χ1v) is 13.4. The number of hydrogen-bond acceptors (Lipinski definition) is 7. The maximum absolute atomic E-state index is 12.9. The first-order chi connectivity index (χ1) is 14.1. The van der Waals surface area contributed by atoms with Gasteiger partial charge in [-0.15, -0.1) is 11.3 Å². The fraction of sp³-hybridized carbons (Fsp3) is 0.474. The van der Waals surface area contributed by atoms with Crippen LogP contribution in [0.4, 0.5) is 0 Å². The standard InChI is InChI=1S/C19H28N4O4S3/c1-21(2)30(26,27)17-7-4-6-16(14-17)29(24,25)20-15-18(19-8-5-13-28-19)23-11-9-22(3)10-12-23/h4-8,13-14,18,20H,9-12,15H2,1-3H3/t18-/m1/s1. The van der Waals surface area contributed by atoms with Gasteiger partial charge in [-0.1, -0.05) is 12.1 Å². The van der Waals surface area contributed by atoms with Gasteiger partial charge in [-0.25, -0.2) is 25.9 Å². The number of nitrogens with zero attached hydrogens (tertiary/aromatic N) is 3. The van der Waals surface area contributed by atoms with Gasteiger partial charge in [0.05, 0.1) is 15.8 Å². The topological polar surface area (TPSA) is 90.0 Å². The number of benzene rings is 1. The summed E-state index contributed by atoms with van der Waals surface area (Å²) < 4.78 is 54.4. The van der Waals surface area contributed by atoms with E-state index in [1.54, 1.807) is 11.3 Å². The fourth-order valence-corrected chi connectivity index (χ4v) is 6.28. The lowest BCUT2D eigenvalue weighted by Gasteiger charge is -2.37. The molecular weight excluding hydrogens is 444 g/mol. The molecule has 1 aromatic carbocycles. The highest BCUT2D eigenvalue weighted by Gasteiger charge is 2.27. The summed E-state index contributed by atoms with van der Waals surface area (Å²) in [6.07, 6.45) is 0. The van der Waals surface area contributed by atoms with E-state index in [9.17, 15) is 16.8 Å². The molecule has 1 aromatic heterocycles. The molecule has 1 fully saturated rings. The lowest BCUT2D eigenvalue weighted by Crippen LogP contribution is -2.48. The van der Waals surface area contributed by atoms with E-state index >= 15 is 0 Å². The van der Waals surface area contributed by atoms with Gasteiger partial charge >= 0.3 is 0 Å². The second-order valence-electron chi connectivity index (χ2n) is 7.48. The van der Waals surface area contributed by atoms with Crippen LogP contribution in [0, 0.1) is 0 Å². The van der Waals surface area contributed by atoms with Crippen LogP contribution >= 0.6 is 11.3 Å². The predicted molar refractivity (Wildman–Crippen MR) is 119 cm³/mol. The highest BCUT2D eigenvalue weighted by molar-refractivity contribution is 7.90. The Balaban J connectivity index is 1.80. The summed E-state index contributed by atoms with van der Waals surface area (Å²) in [7, 11) is -2.68. The first-order valence-electron chi connectivity index (χ1n) is 9.59. The van der Waals surface area contributed by atoms with Gasteiger partial charge in [0.2, 0.25) is 20.0 Å². The van der Waals surface area contributed by atoms with Crippen LogP contribution in [-0.4, -0.2) is 84.8 Å². The molecule has 2 heterocycles. The number of likely N-dealkylation sites (N-methyl/N-ethyl adjacent to an activating group) is 1. The zero-order chi connectivity index (χ0) is 21.9. The number of thiophene rings is 1. The molecule has 11 heteroatoms. The summed E-state index contributed by atoms with van der Waals surface area (Å²) in [4.78, 5) is 5.54. The summed E-state index contributed by atoms with van der Waals surface area (Å²) in [6.45, 7) is 3.80. The largest absolute Gasteiger partial charge is 0.304 e. The molecule has 0 aliphatic carbocycles. The summed E-state index contributed by atoms with van der Waals surface area (Å²) >= 11 is 1.61. The molecule has 0 radical (unpaired) electrons. The molecule has 3 rings (SSSR count). The van der Waals surface area contributed by atoms with Gasteiger partial charge in [0.15, 0.2) is 0 Å². The third-order valence-electron chi connectivity index (χ3n) is 5.21. The molecule has 1 aliphatic heterocycles. The Hall–Kier alpha value is -1.34. The molecule has 0 spiro atoms. The third-order valence-corrected chi connectivity index (χ3v) is 9.42. The molecule has 166 valence electrons. The number of sulfonamides is 2. The van der Waals surface area contributed by atoms with Gasteiger partial charge < -0.3 is 4.90 Å². The lowest BCUT2D eigenvalue weighted by molar-refractivity contribution is 0.114. The summed E-state index contributed by atoms with van der Waals surface area (Å²) in [6, 6.07) is 9.37. The second kappa shape index (κ2) is 9.43. The van der Waals surface area contributed by atoms with Crippen molar-refractivity contribution in [1.82, 2.24) is 18.8 Å². The van der Waals surface area contributed by atoms with Crippen LogP contribution in [0.25, 0.3) is 0 Å². The maximum Gasteiger partial charge on any atom is 0.242 e. The van der Waals surface area contributed by atoms with Gasteiger partial charge in [0.25, 0.3) is 0 Å². The highest BCUT2D eigenvalue weighted by atomic mass is 32.2. The van der Waals surface area contributed by atoms with Crippen molar-refractivity contribution >= 4 is 31.4 Å². The Morgan fingerprint density at radius 1 is 1.03 bits per heavy atom. The monoisotopic (exact) mass is 472 g/mol. The SMILES string of the molecule is CN1CCN([C@H](CNS(=O)(=O)c2cccc(S(=O)(=O)N(C)C)c2)c2cccs2)CC1. The van der Waals surface area contributed by atoms with Crippen molar-refractivity contribution < 1.29 is 16.8 Å². The quantitative estimate of drug-likeness (QED) is 0.622. The van der Waals surface area contributed by atoms with Gasteiger partial charge in [-0.2, -0.15) is 0 Å². The normalized spacial score (nSPS) is 18.0. The van der Waals surface area contributed by atoms with E-state index in [1.807, 2.05) is 17.5 Å². The zero-order valence-corrected chi connectivity index (χ0v) is 19.8. The number of hydrogen-bond donors (Lipinski definition) is 1. The van der Waals surface area contributed by atoms with Crippen molar-refractivity contribution in [3.63, 3.8) is 0 Å². The van der Waals surface area contributed by atoms with E-state index in [0.717, 1.165) is 35.4 Å². The highest BCUT2D eigenvalue weighted by Crippen LogP contribution is 2.26. The Bertz CT molecular complexity index is 1050. The lowest BCUT2D eigenvalue weighted by atomic mass is 10.2. The van der Waals surface area contributed by atoms with Crippen molar-refractivity contribution in [2.75, 3.05) is 53.9 Å².